The number of aryl methyl sites for hydroxylation is 1. The van der Waals surface area contributed by atoms with Crippen molar-refractivity contribution in [3.8, 4) is 0 Å². The molecular formula is C14H25N5O. The third-order valence-corrected chi connectivity index (χ3v) is 3.12. The number of nitrogens with one attached hydrogen (secondary N) is 2. The number of amides is 1. The Morgan fingerprint density at radius 3 is 2.65 bits per heavy atom. The maximum atomic E-state index is 11.6. The Morgan fingerprint density at radius 2 is 2.10 bits per heavy atom. The number of hydrogen-bond acceptors (Lipinski definition) is 5. The average Bonchev–Trinajstić information content (AvgIpc) is 2.46. The van der Waals surface area contributed by atoms with E-state index in [2.05, 4.69) is 27.5 Å². The third-order valence-electron chi connectivity index (χ3n) is 3.12. The summed E-state index contributed by atoms with van der Waals surface area (Å²) < 4.78 is 0. The molecule has 0 aliphatic rings. The van der Waals surface area contributed by atoms with Crippen molar-refractivity contribution in [3.05, 3.63) is 11.9 Å². The summed E-state index contributed by atoms with van der Waals surface area (Å²) in [4.78, 5) is 22.6. The summed E-state index contributed by atoms with van der Waals surface area (Å²) >= 11 is 0. The molecule has 0 radical (unpaired) electrons. The molecule has 1 aromatic heterocycles. The van der Waals surface area contributed by atoms with Gasteiger partial charge in [0.05, 0.1) is 5.92 Å². The molecule has 1 amide bonds. The van der Waals surface area contributed by atoms with Crippen molar-refractivity contribution >= 4 is 17.5 Å². The summed E-state index contributed by atoms with van der Waals surface area (Å²) in [6.45, 7) is 4.63. The van der Waals surface area contributed by atoms with Crippen LogP contribution in [0.4, 0.5) is 11.6 Å². The van der Waals surface area contributed by atoms with Crippen LogP contribution in [0.2, 0.25) is 0 Å². The normalized spacial score (nSPS) is 11.8. The van der Waals surface area contributed by atoms with E-state index < -0.39 is 0 Å². The predicted octanol–water partition coefficient (Wildman–Crippen LogP) is 1.29. The van der Waals surface area contributed by atoms with E-state index in [1.807, 2.05) is 32.0 Å². The van der Waals surface area contributed by atoms with Gasteiger partial charge in [0.25, 0.3) is 0 Å². The summed E-state index contributed by atoms with van der Waals surface area (Å²) in [6.07, 6.45) is 1.85. The summed E-state index contributed by atoms with van der Waals surface area (Å²) in [5.41, 5.74) is 0. The lowest BCUT2D eigenvalue weighted by Crippen LogP contribution is -2.34. The van der Waals surface area contributed by atoms with E-state index in [4.69, 9.17) is 0 Å². The zero-order chi connectivity index (χ0) is 15.1. The quantitative estimate of drug-likeness (QED) is 0.787. The molecule has 0 bridgehead atoms. The summed E-state index contributed by atoms with van der Waals surface area (Å²) in [6, 6.07) is 1.90. The van der Waals surface area contributed by atoms with Crippen LogP contribution in [0.15, 0.2) is 6.07 Å². The molecule has 2 N–H and O–H groups in total. The molecule has 6 nitrogen and oxygen atoms in total. The Morgan fingerprint density at radius 1 is 1.40 bits per heavy atom. The molecule has 0 aliphatic heterocycles. The fourth-order valence-corrected chi connectivity index (χ4v) is 1.98. The van der Waals surface area contributed by atoms with E-state index in [9.17, 15) is 4.79 Å². The first-order valence-electron chi connectivity index (χ1n) is 7.00. The van der Waals surface area contributed by atoms with Gasteiger partial charge in [-0.25, -0.2) is 9.97 Å². The van der Waals surface area contributed by atoms with E-state index in [0.717, 1.165) is 30.3 Å². The van der Waals surface area contributed by atoms with Crippen molar-refractivity contribution in [1.29, 1.82) is 0 Å². The van der Waals surface area contributed by atoms with Crippen molar-refractivity contribution in [2.24, 2.45) is 5.92 Å². The molecule has 6 heteroatoms. The molecule has 1 aromatic rings. The largest absolute Gasteiger partial charge is 0.373 e. The fraction of sp³-hybridized carbons (Fsp3) is 0.643. The zero-order valence-electron chi connectivity index (χ0n) is 13.0. The maximum absolute atomic E-state index is 11.6. The zero-order valence-corrected chi connectivity index (χ0v) is 13.0. The molecular weight excluding hydrogens is 254 g/mol. The van der Waals surface area contributed by atoms with Crippen LogP contribution >= 0.6 is 0 Å². The number of carbonyl (C=O) groups excluding carboxylic acids is 1. The highest BCUT2D eigenvalue weighted by molar-refractivity contribution is 5.78. The average molecular weight is 279 g/mol. The minimum absolute atomic E-state index is 0.0357. The molecule has 112 valence electrons. The number of aromatic nitrogens is 2. The molecule has 0 fully saturated rings. The highest BCUT2D eigenvalue weighted by atomic mass is 16.1. The number of hydrogen-bond donors (Lipinski definition) is 2. The van der Waals surface area contributed by atoms with Crippen LogP contribution in [0.1, 0.15) is 26.1 Å². The summed E-state index contributed by atoms with van der Waals surface area (Å²) in [5.74, 6) is 2.41. The Hall–Kier alpha value is -1.85. The number of nitrogens with zero attached hydrogens (tertiary/aromatic N) is 3. The Labute approximate surface area is 121 Å². The van der Waals surface area contributed by atoms with Crippen LogP contribution in [0, 0.1) is 5.92 Å². The topological polar surface area (TPSA) is 70.2 Å². The van der Waals surface area contributed by atoms with E-state index in [1.165, 1.54) is 0 Å². The van der Waals surface area contributed by atoms with Gasteiger partial charge in [-0.15, -0.1) is 0 Å². The fourth-order valence-electron chi connectivity index (χ4n) is 1.98. The first-order chi connectivity index (χ1) is 9.51. The Bertz CT molecular complexity index is 449. The minimum Gasteiger partial charge on any atom is -0.373 e. The van der Waals surface area contributed by atoms with Gasteiger partial charge >= 0.3 is 0 Å². The SMILES string of the molecule is CCCc1nc(NC)cc(N(C)CC(C)C(=O)NC)n1. The van der Waals surface area contributed by atoms with E-state index in [1.54, 1.807) is 7.05 Å². The van der Waals surface area contributed by atoms with Gasteiger partial charge in [-0.1, -0.05) is 13.8 Å². The molecule has 1 rings (SSSR count). The molecule has 20 heavy (non-hydrogen) atoms. The molecule has 0 aliphatic carbocycles. The van der Waals surface area contributed by atoms with Gasteiger partial charge in [0.2, 0.25) is 5.91 Å². The minimum atomic E-state index is -0.0902. The molecule has 0 saturated carbocycles. The second-order valence-electron chi connectivity index (χ2n) is 4.92. The highest BCUT2D eigenvalue weighted by Crippen LogP contribution is 2.16. The predicted molar refractivity (Wildman–Crippen MR) is 82.1 cm³/mol. The van der Waals surface area contributed by atoms with Crippen molar-refractivity contribution in [2.45, 2.75) is 26.7 Å². The highest BCUT2D eigenvalue weighted by Gasteiger charge is 2.15. The van der Waals surface area contributed by atoms with Crippen LogP contribution in [0.5, 0.6) is 0 Å². The number of carbonyl (C=O) groups is 1. The van der Waals surface area contributed by atoms with Crippen molar-refractivity contribution in [2.75, 3.05) is 37.9 Å². The smallest absolute Gasteiger partial charge is 0.224 e. The third kappa shape index (κ3) is 4.36. The molecule has 1 atom stereocenters. The number of rotatable bonds is 7. The van der Waals surface area contributed by atoms with Gasteiger partial charge in [0, 0.05) is 40.2 Å². The van der Waals surface area contributed by atoms with Gasteiger partial charge in [0.15, 0.2) is 0 Å². The summed E-state index contributed by atoms with van der Waals surface area (Å²) in [7, 11) is 5.44. The maximum Gasteiger partial charge on any atom is 0.224 e. The molecule has 1 unspecified atom stereocenters. The van der Waals surface area contributed by atoms with Gasteiger partial charge in [-0.05, 0) is 6.42 Å². The molecule has 1 heterocycles. The second kappa shape index (κ2) is 7.67. The second-order valence-corrected chi connectivity index (χ2v) is 4.92. The monoisotopic (exact) mass is 279 g/mol. The van der Waals surface area contributed by atoms with Gasteiger partial charge in [-0.2, -0.15) is 0 Å². The lowest BCUT2D eigenvalue weighted by molar-refractivity contribution is -0.123. The van der Waals surface area contributed by atoms with Gasteiger partial charge in [-0.3, -0.25) is 4.79 Å². The first-order valence-corrected chi connectivity index (χ1v) is 7.00. The van der Waals surface area contributed by atoms with Crippen LogP contribution in [-0.2, 0) is 11.2 Å². The standard InChI is InChI=1S/C14H25N5O/c1-6-7-11-17-12(15-3)8-13(18-11)19(5)9-10(2)14(20)16-4/h8,10H,6-7,9H2,1-5H3,(H,16,20)(H,15,17,18). The first kappa shape index (κ1) is 16.2. The lowest BCUT2D eigenvalue weighted by atomic mass is 10.1. The lowest BCUT2D eigenvalue weighted by Gasteiger charge is -2.22. The van der Waals surface area contributed by atoms with Crippen LogP contribution in [0.25, 0.3) is 0 Å². The van der Waals surface area contributed by atoms with E-state index >= 15 is 0 Å². The summed E-state index contributed by atoms with van der Waals surface area (Å²) in [5, 5.41) is 5.72. The molecule has 0 spiro atoms. The van der Waals surface area contributed by atoms with Crippen molar-refractivity contribution in [1.82, 2.24) is 15.3 Å². The van der Waals surface area contributed by atoms with E-state index in [-0.39, 0.29) is 11.8 Å². The van der Waals surface area contributed by atoms with Crippen LogP contribution in [0.3, 0.4) is 0 Å². The molecule has 0 saturated heterocycles. The van der Waals surface area contributed by atoms with Crippen molar-refractivity contribution in [3.63, 3.8) is 0 Å². The number of anilines is 2. The van der Waals surface area contributed by atoms with Crippen LogP contribution < -0.4 is 15.5 Å². The van der Waals surface area contributed by atoms with Crippen LogP contribution in [-0.4, -0.2) is 43.6 Å². The van der Waals surface area contributed by atoms with Gasteiger partial charge < -0.3 is 15.5 Å². The van der Waals surface area contributed by atoms with Crippen molar-refractivity contribution < 1.29 is 4.79 Å². The van der Waals surface area contributed by atoms with Gasteiger partial charge in [0.1, 0.15) is 17.5 Å². The van der Waals surface area contributed by atoms with E-state index in [0.29, 0.717) is 6.54 Å². The Kier molecular flexibility index (Phi) is 6.21. The Balaban J connectivity index is 2.88. The molecule has 0 aromatic carbocycles.